The molecule has 4 heteroatoms. The summed E-state index contributed by atoms with van der Waals surface area (Å²) in [4.78, 5) is 4.76. The summed E-state index contributed by atoms with van der Waals surface area (Å²) in [6.07, 6.45) is 2.34. The molecule has 0 amide bonds. The fraction of sp³-hybridized carbons (Fsp3) is 0.571. The molecular formula is C14H20FN3. The van der Waals surface area contributed by atoms with Crippen LogP contribution in [-0.2, 0) is 0 Å². The van der Waals surface area contributed by atoms with Crippen molar-refractivity contribution in [1.29, 1.82) is 0 Å². The first-order valence-corrected chi connectivity index (χ1v) is 6.66. The molecule has 0 unspecified atom stereocenters. The number of hydrogen-bond acceptors (Lipinski definition) is 3. The van der Waals surface area contributed by atoms with Crippen LogP contribution in [0.2, 0.25) is 0 Å². The van der Waals surface area contributed by atoms with Crippen molar-refractivity contribution in [3.05, 3.63) is 30.1 Å². The van der Waals surface area contributed by atoms with Crippen LogP contribution >= 0.6 is 0 Å². The van der Waals surface area contributed by atoms with Crippen LogP contribution in [0.1, 0.15) is 12.8 Å². The second-order valence-corrected chi connectivity index (χ2v) is 5.60. The molecule has 0 spiro atoms. The minimum atomic E-state index is -0.170. The highest BCUT2D eigenvalue weighted by molar-refractivity contribution is 5.46. The normalized spacial score (nSPS) is 23.1. The number of nitrogens with zero attached hydrogens (tertiary/aromatic N) is 2. The van der Waals surface area contributed by atoms with Gasteiger partial charge in [-0.3, -0.25) is 4.90 Å². The summed E-state index contributed by atoms with van der Waals surface area (Å²) in [6, 6.07) is 6.77. The van der Waals surface area contributed by atoms with Crippen LogP contribution in [0.4, 0.5) is 10.1 Å². The first-order chi connectivity index (χ1) is 8.65. The number of benzene rings is 1. The maximum Gasteiger partial charge on any atom is 0.123 e. The van der Waals surface area contributed by atoms with Gasteiger partial charge in [0.2, 0.25) is 0 Å². The Kier molecular flexibility index (Phi) is 2.99. The maximum absolute atomic E-state index is 12.9. The molecule has 1 aliphatic carbocycles. The number of nitrogens with two attached hydrogens (primary N) is 1. The van der Waals surface area contributed by atoms with Crippen LogP contribution in [0.15, 0.2) is 24.3 Å². The van der Waals surface area contributed by atoms with E-state index in [9.17, 15) is 4.39 Å². The lowest BCUT2D eigenvalue weighted by Gasteiger charge is -2.37. The minimum Gasteiger partial charge on any atom is -0.369 e. The standard InChI is InChI=1S/C14H20FN3/c15-12-1-3-13(4-2-12)18-9-7-17(8-10-18)11-14(16)5-6-14/h1-4H,5-11,16H2. The Morgan fingerprint density at radius 2 is 1.67 bits per heavy atom. The molecule has 1 saturated carbocycles. The summed E-state index contributed by atoms with van der Waals surface area (Å²) in [7, 11) is 0. The topological polar surface area (TPSA) is 32.5 Å². The summed E-state index contributed by atoms with van der Waals surface area (Å²) in [5.41, 5.74) is 7.37. The summed E-state index contributed by atoms with van der Waals surface area (Å²) in [6.45, 7) is 5.14. The number of rotatable bonds is 3. The molecule has 3 rings (SSSR count). The molecule has 0 bridgehead atoms. The molecule has 2 fully saturated rings. The summed E-state index contributed by atoms with van der Waals surface area (Å²) >= 11 is 0. The van der Waals surface area contributed by atoms with Gasteiger partial charge in [0.25, 0.3) is 0 Å². The van der Waals surface area contributed by atoms with E-state index < -0.39 is 0 Å². The Morgan fingerprint density at radius 3 is 2.22 bits per heavy atom. The van der Waals surface area contributed by atoms with Gasteiger partial charge in [-0.15, -0.1) is 0 Å². The van der Waals surface area contributed by atoms with Crippen LogP contribution in [-0.4, -0.2) is 43.2 Å². The molecule has 0 aromatic heterocycles. The van der Waals surface area contributed by atoms with E-state index in [0.717, 1.165) is 38.4 Å². The van der Waals surface area contributed by atoms with E-state index in [2.05, 4.69) is 9.80 Å². The fourth-order valence-electron chi connectivity index (χ4n) is 2.58. The van der Waals surface area contributed by atoms with Gasteiger partial charge >= 0.3 is 0 Å². The van der Waals surface area contributed by atoms with Crippen LogP contribution < -0.4 is 10.6 Å². The van der Waals surface area contributed by atoms with Crippen molar-refractivity contribution in [2.45, 2.75) is 18.4 Å². The Morgan fingerprint density at radius 1 is 1.06 bits per heavy atom. The maximum atomic E-state index is 12.9. The molecule has 1 aromatic carbocycles. The molecule has 3 nitrogen and oxygen atoms in total. The van der Waals surface area contributed by atoms with E-state index >= 15 is 0 Å². The molecular weight excluding hydrogens is 229 g/mol. The predicted octanol–water partition coefficient (Wildman–Crippen LogP) is 1.44. The van der Waals surface area contributed by atoms with Gasteiger partial charge in [0.1, 0.15) is 5.82 Å². The van der Waals surface area contributed by atoms with Crippen molar-refractivity contribution < 1.29 is 4.39 Å². The van der Waals surface area contributed by atoms with E-state index in [0.29, 0.717) is 0 Å². The number of halogens is 1. The van der Waals surface area contributed by atoms with Gasteiger partial charge in [-0.1, -0.05) is 0 Å². The zero-order chi connectivity index (χ0) is 12.6. The third-order valence-corrected chi connectivity index (χ3v) is 3.99. The van der Waals surface area contributed by atoms with Crippen molar-refractivity contribution >= 4 is 5.69 Å². The SMILES string of the molecule is NC1(CN2CCN(c3ccc(F)cc3)CC2)CC1. The molecule has 0 radical (unpaired) electrons. The third-order valence-electron chi connectivity index (χ3n) is 3.99. The van der Waals surface area contributed by atoms with E-state index in [1.165, 1.54) is 25.0 Å². The van der Waals surface area contributed by atoms with Gasteiger partial charge in [0.05, 0.1) is 0 Å². The van der Waals surface area contributed by atoms with Gasteiger partial charge in [-0.05, 0) is 37.1 Å². The highest BCUT2D eigenvalue weighted by Gasteiger charge is 2.40. The molecule has 1 aromatic rings. The molecule has 2 N–H and O–H groups in total. The van der Waals surface area contributed by atoms with Crippen LogP contribution in [0.5, 0.6) is 0 Å². The second-order valence-electron chi connectivity index (χ2n) is 5.60. The van der Waals surface area contributed by atoms with Crippen LogP contribution in [0.3, 0.4) is 0 Å². The quantitative estimate of drug-likeness (QED) is 0.880. The van der Waals surface area contributed by atoms with Crippen molar-refractivity contribution in [3.8, 4) is 0 Å². The second kappa shape index (κ2) is 4.52. The van der Waals surface area contributed by atoms with Gasteiger partial charge < -0.3 is 10.6 Å². The Bertz CT molecular complexity index is 406. The summed E-state index contributed by atoms with van der Waals surface area (Å²) in [5.74, 6) is -0.170. The fourth-order valence-corrected chi connectivity index (χ4v) is 2.58. The van der Waals surface area contributed by atoms with E-state index in [1.807, 2.05) is 12.1 Å². The van der Waals surface area contributed by atoms with Gasteiger partial charge in [-0.25, -0.2) is 4.39 Å². The minimum absolute atomic E-state index is 0.109. The summed E-state index contributed by atoms with van der Waals surface area (Å²) < 4.78 is 12.9. The average Bonchev–Trinajstić information content (AvgIpc) is 3.09. The number of hydrogen-bond donors (Lipinski definition) is 1. The average molecular weight is 249 g/mol. The molecule has 18 heavy (non-hydrogen) atoms. The van der Waals surface area contributed by atoms with E-state index in [4.69, 9.17) is 5.73 Å². The van der Waals surface area contributed by atoms with Gasteiger partial charge in [0.15, 0.2) is 0 Å². The van der Waals surface area contributed by atoms with Crippen molar-refractivity contribution in [1.82, 2.24) is 4.90 Å². The van der Waals surface area contributed by atoms with Crippen LogP contribution in [0.25, 0.3) is 0 Å². The zero-order valence-corrected chi connectivity index (χ0v) is 10.6. The van der Waals surface area contributed by atoms with Crippen molar-refractivity contribution in [2.24, 2.45) is 5.73 Å². The number of anilines is 1. The Hall–Kier alpha value is -1.13. The molecule has 0 atom stereocenters. The monoisotopic (exact) mass is 249 g/mol. The molecule has 1 aliphatic heterocycles. The van der Waals surface area contributed by atoms with Crippen molar-refractivity contribution in [3.63, 3.8) is 0 Å². The smallest absolute Gasteiger partial charge is 0.123 e. The largest absolute Gasteiger partial charge is 0.369 e. The van der Waals surface area contributed by atoms with E-state index in [-0.39, 0.29) is 11.4 Å². The first kappa shape index (κ1) is 11.9. The highest BCUT2D eigenvalue weighted by Crippen LogP contribution is 2.33. The lowest BCUT2D eigenvalue weighted by atomic mass is 10.2. The highest BCUT2D eigenvalue weighted by atomic mass is 19.1. The third kappa shape index (κ3) is 2.65. The van der Waals surface area contributed by atoms with Crippen molar-refractivity contribution in [2.75, 3.05) is 37.6 Å². The zero-order valence-electron chi connectivity index (χ0n) is 10.6. The molecule has 1 heterocycles. The predicted molar refractivity (Wildman–Crippen MR) is 71.2 cm³/mol. The molecule has 1 saturated heterocycles. The summed E-state index contributed by atoms with van der Waals surface area (Å²) in [5, 5.41) is 0. The number of piperazine rings is 1. The lowest BCUT2D eigenvalue weighted by Crippen LogP contribution is -2.50. The molecule has 2 aliphatic rings. The van der Waals surface area contributed by atoms with E-state index in [1.54, 1.807) is 0 Å². The van der Waals surface area contributed by atoms with Gasteiger partial charge in [-0.2, -0.15) is 0 Å². The lowest BCUT2D eigenvalue weighted by molar-refractivity contribution is 0.236. The van der Waals surface area contributed by atoms with Gasteiger partial charge in [0, 0.05) is 44.0 Å². The first-order valence-electron chi connectivity index (χ1n) is 6.66. The Balaban J connectivity index is 1.54. The molecule has 98 valence electrons. The Labute approximate surface area is 107 Å². The van der Waals surface area contributed by atoms with Crippen LogP contribution in [0, 0.1) is 5.82 Å².